The Bertz CT molecular complexity index is 1540. The predicted molar refractivity (Wildman–Crippen MR) is 133 cm³/mol. The first-order chi connectivity index (χ1) is 16.5. The SMILES string of the molecule is CN(c1ccc(N=C(c2ccc(CC(=O)O)cc2)c2c(O)[nH]c3cc(F)ccc23)cc1)S(C)(=O)=O. The lowest BCUT2D eigenvalue weighted by molar-refractivity contribution is -0.136. The Morgan fingerprint density at radius 3 is 2.31 bits per heavy atom. The lowest BCUT2D eigenvalue weighted by Crippen LogP contribution is -2.24. The van der Waals surface area contributed by atoms with Crippen molar-refractivity contribution in [3.63, 3.8) is 0 Å². The summed E-state index contributed by atoms with van der Waals surface area (Å²) in [7, 11) is -1.98. The molecule has 0 bridgehead atoms. The van der Waals surface area contributed by atoms with Gasteiger partial charge >= 0.3 is 5.97 Å². The van der Waals surface area contributed by atoms with Gasteiger partial charge in [0.05, 0.1) is 40.8 Å². The summed E-state index contributed by atoms with van der Waals surface area (Å²) in [4.78, 5) is 18.5. The second-order valence-electron chi connectivity index (χ2n) is 8.01. The van der Waals surface area contributed by atoms with Crippen LogP contribution < -0.4 is 4.31 Å². The first-order valence-corrected chi connectivity index (χ1v) is 12.3. The van der Waals surface area contributed by atoms with Crippen LogP contribution in [-0.2, 0) is 21.2 Å². The minimum atomic E-state index is -3.43. The van der Waals surface area contributed by atoms with Crippen LogP contribution in [0.3, 0.4) is 0 Å². The average molecular weight is 496 g/mol. The molecule has 0 radical (unpaired) electrons. The van der Waals surface area contributed by atoms with E-state index in [1.54, 1.807) is 48.5 Å². The summed E-state index contributed by atoms with van der Waals surface area (Å²) in [6.45, 7) is 0. The number of anilines is 1. The van der Waals surface area contributed by atoms with Crippen molar-refractivity contribution in [2.24, 2.45) is 4.99 Å². The van der Waals surface area contributed by atoms with Crippen LogP contribution in [0, 0.1) is 5.82 Å². The van der Waals surface area contributed by atoms with E-state index in [9.17, 15) is 22.7 Å². The molecule has 0 aliphatic heterocycles. The van der Waals surface area contributed by atoms with E-state index >= 15 is 0 Å². The number of aromatic hydroxyl groups is 1. The predicted octanol–water partition coefficient (Wildman–Crippen LogP) is 4.20. The molecule has 0 aliphatic carbocycles. The number of rotatable bonds is 7. The maximum absolute atomic E-state index is 13.8. The number of aromatic amines is 1. The molecule has 0 unspecified atom stereocenters. The van der Waals surface area contributed by atoms with Gasteiger partial charge in [0.2, 0.25) is 10.0 Å². The standard InChI is InChI=1S/C25H22FN3O5S/c1-29(35(2,33)34)19-10-8-18(9-11-19)27-24(16-5-3-15(4-6-16)13-22(30)31)23-20-12-7-17(26)14-21(20)28-25(23)32/h3-12,14,28,32H,13H2,1-2H3,(H,30,31). The minimum absolute atomic E-state index is 0.139. The van der Waals surface area contributed by atoms with Crippen molar-refractivity contribution in [1.29, 1.82) is 0 Å². The third-order valence-corrected chi connectivity index (χ3v) is 6.72. The highest BCUT2D eigenvalue weighted by molar-refractivity contribution is 7.92. The summed E-state index contributed by atoms with van der Waals surface area (Å²) < 4.78 is 38.5. The second kappa shape index (κ2) is 9.22. The molecule has 0 atom stereocenters. The number of halogens is 1. The van der Waals surface area contributed by atoms with Crippen molar-refractivity contribution in [3.05, 3.63) is 89.2 Å². The van der Waals surface area contributed by atoms with Gasteiger partial charge in [0.15, 0.2) is 5.88 Å². The number of hydrogen-bond donors (Lipinski definition) is 3. The number of aliphatic imine (C=N–C) groups is 1. The summed E-state index contributed by atoms with van der Waals surface area (Å²) in [5.41, 5.74) is 3.23. The molecule has 3 N–H and O–H groups in total. The van der Waals surface area contributed by atoms with Crippen LogP contribution >= 0.6 is 0 Å². The zero-order valence-corrected chi connectivity index (χ0v) is 19.7. The number of hydrogen-bond acceptors (Lipinski definition) is 5. The monoisotopic (exact) mass is 495 g/mol. The van der Waals surface area contributed by atoms with Crippen molar-refractivity contribution in [1.82, 2.24) is 4.98 Å². The maximum atomic E-state index is 13.8. The molecule has 0 aliphatic rings. The first-order valence-electron chi connectivity index (χ1n) is 10.5. The van der Waals surface area contributed by atoms with Gasteiger partial charge in [-0.1, -0.05) is 24.3 Å². The molecular weight excluding hydrogens is 473 g/mol. The van der Waals surface area contributed by atoms with Crippen LogP contribution in [0.25, 0.3) is 10.9 Å². The number of carbonyl (C=O) groups is 1. The van der Waals surface area contributed by atoms with E-state index < -0.39 is 21.8 Å². The molecular formula is C25H22FN3O5S. The third-order valence-electron chi connectivity index (χ3n) is 5.51. The smallest absolute Gasteiger partial charge is 0.307 e. The highest BCUT2D eigenvalue weighted by Crippen LogP contribution is 2.32. The summed E-state index contributed by atoms with van der Waals surface area (Å²) in [6, 6.07) is 17.3. The van der Waals surface area contributed by atoms with Gasteiger partial charge in [-0.25, -0.2) is 17.8 Å². The highest BCUT2D eigenvalue weighted by atomic mass is 32.2. The van der Waals surface area contributed by atoms with Gasteiger partial charge in [0.1, 0.15) is 5.82 Å². The quantitative estimate of drug-likeness (QED) is 0.332. The molecule has 8 nitrogen and oxygen atoms in total. The number of H-pyrrole nitrogens is 1. The number of aliphatic carboxylic acids is 1. The molecule has 0 spiro atoms. The fourth-order valence-electron chi connectivity index (χ4n) is 3.67. The molecule has 0 fully saturated rings. The van der Waals surface area contributed by atoms with E-state index in [0.29, 0.717) is 44.7 Å². The number of sulfonamides is 1. The minimum Gasteiger partial charge on any atom is -0.494 e. The number of carboxylic acids is 1. The molecule has 180 valence electrons. The zero-order chi connectivity index (χ0) is 25.3. The van der Waals surface area contributed by atoms with Gasteiger partial charge < -0.3 is 15.2 Å². The molecule has 35 heavy (non-hydrogen) atoms. The van der Waals surface area contributed by atoms with Crippen molar-refractivity contribution in [3.8, 4) is 5.88 Å². The Hall–Kier alpha value is -4.18. The van der Waals surface area contributed by atoms with E-state index in [-0.39, 0.29) is 12.3 Å². The molecule has 0 saturated carbocycles. The Balaban J connectivity index is 1.85. The number of benzene rings is 3. The number of nitrogens with zero attached hydrogens (tertiary/aromatic N) is 2. The summed E-state index contributed by atoms with van der Waals surface area (Å²) in [5.74, 6) is -1.62. The van der Waals surface area contributed by atoms with Gasteiger partial charge in [-0.2, -0.15) is 0 Å². The van der Waals surface area contributed by atoms with Crippen molar-refractivity contribution in [2.75, 3.05) is 17.6 Å². The van der Waals surface area contributed by atoms with E-state index in [1.807, 2.05) is 0 Å². The summed E-state index contributed by atoms with van der Waals surface area (Å²) in [6.07, 6.45) is 0.966. The molecule has 0 amide bonds. The largest absolute Gasteiger partial charge is 0.494 e. The second-order valence-corrected chi connectivity index (χ2v) is 10.0. The van der Waals surface area contributed by atoms with Gasteiger partial charge in [-0.05, 0) is 48.0 Å². The van der Waals surface area contributed by atoms with Gasteiger partial charge in [-0.15, -0.1) is 0 Å². The van der Waals surface area contributed by atoms with Crippen molar-refractivity contribution >= 4 is 44.0 Å². The van der Waals surface area contributed by atoms with Gasteiger partial charge in [-0.3, -0.25) is 9.10 Å². The van der Waals surface area contributed by atoms with E-state index in [4.69, 9.17) is 10.1 Å². The Morgan fingerprint density at radius 2 is 1.71 bits per heavy atom. The molecule has 1 heterocycles. The van der Waals surface area contributed by atoms with Gasteiger partial charge in [0, 0.05) is 18.0 Å². The third kappa shape index (κ3) is 5.17. The summed E-state index contributed by atoms with van der Waals surface area (Å²) >= 11 is 0. The van der Waals surface area contributed by atoms with Crippen LogP contribution in [0.2, 0.25) is 0 Å². The lowest BCUT2D eigenvalue weighted by Gasteiger charge is -2.16. The molecule has 4 rings (SSSR count). The fraction of sp³-hybridized carbons (Fsp3) is 0.120. The molecule has 10 heteroatoms. The van der Waals surface area contributed by atoms with Crippen LogP contribution in [0.4, 0.5) is 15.8 Å². The van der Waals surface area contributed by atoms with Gasteiger partial charge in [0.25, 0.3) is 0 Å². The fourth-order valence-corrected chi connectivity index (χ4v) is 4.18. The number of aromatic nitrogens is 1. The topological polar surface area (TPSA) is 123 Å². The molecule has 3 aromatic carbocycles. The van der Waals surface area contributed by atoms with Crippen LogP contribution in [0.15, 0.2) is 71.7 Å². The summed E-state index contributed by atoms with van der Waals surface area (Å²) in [5, 5.41) is 20.3. The lowest BCUT2D eigenvalue weighted by atomic mass is 9.99. The first kappa shape index (κ1) is 24.0. The molecule has 0 saturated heterocycles. The van der Waals surface area contributed by atoms with Crippen molar-refractivity contribution in [2.45, 2.75) is 6.42 Å². The van der Waals surface area contributed by atoms with Crippen LogP contribution in [-0.4, -0.2) is 48.6 Å². The van der Waals surface area contributed by atoms with Crippen LogP contribution in [0.1, 0.15) is 16.7 Å². The average Bonchev–Trinajstić information content (AvgIpc) is 3.11. The number of nitrogens with one attached hydrogen (secondary N) is 1. The highest BCUT2D eigenvalue weighted by Gasteiger charge is 2.19. The van der Waals surface area contributed by atoms with E-state index in [1.165, 1.54) is 25.2 Å². The maximum Gasteiger partial charge on any atom is 0.307 e. The number of fused-ring (bicyclic) bond motifs is 1. The normalized spacial score (nSPS) is 12.1. The van der Waals surface area contributed by atoms with E-state index in [0.717, 1.165) is 10.6 Å². The zero-order valence-electron chi connectivity index (χ0n) is 18.9. The number of carboxylic acid groups (broad SMARTS) is 1. The molecule has 4 aromatic rings. The molecule has 1 aromatic heterocycles. The Labute approximate surface area is 201 Å². The Morgan fingerprint density at radius 1 is 1.06 bits per heavy atom. The van der Waals surface area contributed by atoms with Crippen LogP contribution in [0.5, 0.6) is 5.88 Å². The van der Waals surface area contributed by atoms with E-state index in [2.05, 4.69) is 4.98 Å². The Kier molecular flexibility index (Phi) is 6.31. The van der Waals surface area contributed by atoms with Crippen molar-refractivity contribution < 1.29 is 27.8 Å².